The number of benzene rings is 2. The Morgan fingerprint density at radius 3 is 2.76 bits per heavy atom. The van der Waals surface area contributed by atoms with Gasteiger partial charge >= 0.3 is 0 Å². The van der Waals surface area contributed by atoms with Crippen LogP contribution in [0.4, 0.5) is 0 Å². The summed E-state index contributed by atoms with van der Waals surface area (Å²) in [5, 5.41) is 7.76. The molecule has 0 amide bonds. The summed E-state index contributed by atoms with van der Waals surface area (Å²) in [7, 11) is 1.68. The fourth-order valence-electron chi connectivity index (χ4n) is 3.57. The number of fused-ring (bicyclic) bond motifs is 3. The molecule has 0 N–H and O–H groups in total. The zero-order valence-corrected chi connectivity index (χ0v) is 15.2. The van der Waals surface area contributed by atoms with Gasteiger partial charge in [-0.3, -0.25) is 5.01 Å². The van der Waals surface area contributed by atoms with Crippen LogP contribution in [0.5, 0.6) is 11.5 Å². The molecular weight excluding hydrogens is 336 g/mol. The van der Waals surface area contributed by atoms with Gasteiger partial charge in [-0.2, -0.15) is 5.10 Å². The van der Waals surface area contributed by atoms with Gasteiger partial charge in [0.15, 0.2) is 17.7 Å². The highest BCUT2D eigenvalue weighted by atomic mass is 35.5. The standard InChI is InChI=1S/C20H21ClN2O2/c1-3-5-19-23-17(15-6-4-7-18(24-2)20(15)25-19)12-16(22-23)13-8-10-14(21)11-9-13/h4,6-11,17,19H,3,5,12H2,1-2H3/t17-,19+/m1/s1. The maximum absolute atomic E-state index is 6.28. The first-order chi connectivity index (χ1) is 12.2. The summed E-state index contributed by atoms with van der Waals surface area (Å²) < 4.78 is 11.8. The number of halogens is 1. The van der Waals surface area contributed by atoms with Gasteiger partial charge in [0.05, 0.1) is 18.9 Å². The topological polar surface area (TPSA) is 34.1 Å². The number of hydrogen-bond donors (Lipinski definition) is 0. The summed E-state index contributed by atoms with van der Waals surface area (Å²) >= 11 is 6.02. The van der Waals surface area contributed by atoms with Crippen molar-refractivity contribution in [2.24, 2.45) is 5.10 Å². The van der Waals surface area contributed by atoms with Gasteiger partial charge in [-0.1, -0.05) is 49.2 Å². The molecule has 2 atom stereocenters. The van der Waals surface area contributed by atoms with E-state index < -0.39 is 0 Å². The van der Waals surface area contributed by atoms with E-state index in [1.54, 1.807) is 7.11 Å². The zero-order valence-electron chi connectivity index (χ0n) is 14.4. The minimum atomic E-state index is -0.0661. The second-order valence-electron chi connectivity index (χ2n) is 6.39. The molecule has 0 spiro atoms. The van der Waals surface area contributed by atoms with Crippen LogP contribution in [0.1, 0.15) is 43.4 Å². The summed E-state index contributed by atoms with van der Waals surface area (Å²) in [6, 6.07) is 14.1. The second kappa shape index (κ2) is 6.60. The molecule has 2 aliphatic rings. The van der Waals surface area contributed by atoms with E-state index >= 15 is 0 Å². The van der Waals surface area contributed by atoms with Gasteiger partial charge < -0.3 is 9.47 Å². The molecule has 0 aliphatic carbocycles. The van der Waals surface area contributed by atoms with Crippen LogP contribution in [-0.2, 0) is 0 Å². The number of hydrogen-bond acceptors (Lipinski definition) is 4. The molecule has 4 rings (SSSR count). The molecular formula is C20H21ClN2O2. The monoisotopic (exact) mass is 356 g/mol. The van der Waals surface area contributed by atoms with Crippen LogP contribution in [0, 0.1) is 0 Å². The summed E-state index contributed by atoms with van der Waals surface area (Å²) in [5.41, 5.74) is 3.32. The van der Waals surface area contributed by atoms with Crippen LogP contribution in [0.15, 0.2) is 47.6 Å². The Morgan fingerprint density at radius 1 is 1.24 bits per heavy atom. The molecule has 0 saturated carbocycles. The molecule has 0 saturated heterocycles. The molecule has 2 aromatic carbocycles. The number of hydrazone groups is 1. The molecule has 0 radical (unpaired) electrons. The van der Waals surface area contributed by atoms with Crippen molar-refractivity contribution >= 4 is 17.3 Å². The third-order valence-corrected chi connectivity index (χ3v) is 5.04. The maximum Gasteiger partial charge on any atom is 0.187 e. The molecule has 0 unspecified atom stereocenters. The van der Waals surface area contributed by atoms with Crippen LogP contribution in [0.3, 0.4) is 0 Å². The Hall–Kier alpha value is -2.20. The van der Waals surface area contributed by atoms with Gasteiger partial charge in [-0.15, -0.1) is 0 Å². The van der Waals surface area contributed by atoms with E-state index in [2.05, 4.69) is 18.0 Å². The maximum atomic E-state index is 6.28. The Balaban J connectivity index is 1.73. The molecule has 0 bridgehead atoms. The highest BCUT2D eigenvalue weighted by Gasteiger charge is 2.40. The Bertz CT molecular complexity index is 804. The van der Waals surface area contributed by atoms with Gasteiger partial charge in [-0.25, -0.2) is 0 Å². The largest absolute Gasteiger partial charge is 0.493 e. The van der Waals surface area contributed by atoms with Crippen molar-refractivity contribution in [3.8, 4) is 11.5 Å². The summed E-state index contributed by atoms with van der Waals surface area (Å²) in [6.45, 7) is 2.16. The van der Waals surface area contributed by atoms with E-state index in [1.165, 1.54) is 0 Å². The quantitative estimate of drug-likeness (QED) is 0.771. The van der Waals surface area contributed by atoms with Crippen LogP contribution >= 0.6 is 11.6 Å². The van der Waals surface area contributed by atoms with Gasteiger partial charge in [0, 0.05) is 23.4 Å². The minimum Gasteiger partial charge on any atom is -0.493 e. The lowest BCUT2D eigenvalue weighted by Crippen LogP contribution is -2.40. The summed E-state index contributed by atoms with van der Waals surface area (Å²) in [4.78, 5) is 0. The van der Waals surface area contributed by atoms with E-state index in [0.717, 1.165) is 52.6 Å². The van der Waals surface area contributed by atoms with Crippen LogP contribution in [0.25, 0.3) is 0 Å². The number of rotatable bonds is 4. The lowest BCUT2D eigenvalue weighted by Gasteiger charge is -2.38. The van der Waals surface area contributed by atoms with Crippen molar-refractivity contribution in [2.45, 2.75) is 38.5 Å². The van der Waals surface area contributed by atoms with Crippen molar-refractivity contribution in [3.05, 3.63) is 58.6 Å². The van der Waals surface area contributed by atoms with E-state index in [-0.39, 0.29) is 12.3 Å². The van der Waals surface area contributed by atoms with Crippen molar-refractivity contribution in [3.63, 3.8) is 0 Å². The van der Waals surface area contributed by atoms with Crippen molar-refractivity contribution < 1.29 is 9.47 Å². The zero-order chi connectivity index (χ0) is 17.4. The molecule has 4 nitrogen and oxygen atoms in total. The Morgan fingerprint density at radius 2 is 2.04 bits per heavy atom. The number of nitrogens with zero attached hydrogens (tertiary/aromatic N) is 2. The molecule has 2 aliphatic heterocycles. The fraction of sp³-hybridized carbons (Fsp3) is 0.350. The highest BCUT2D eigenvalue weighted by molar-refractivity contribution is 6.30. The van der Waals surface area contributed by atoms with E-state index in [1.807, 2.05) is 36.4 Å². The second-order valence-corrected chi connectivity index (χ2v) is 6.83. The third-order valence-electron chi connectivity index (χ3n) is 4.79. The highest BCUT2D eigenvalue weighted by Crippen LogP contribution is 2.47. The van der Waals surface area contributed by atoms with Crippen molar-refractivity contribution in [2.75, 3.05) is 7.11 Å². The molecule has 0 fully saturated rings. The number of para-hydroxylation sites is 1. The SMILES string of the molecule is CCC[C@@H]1Oc2c(OC)cccc2[C@H]2CC(c3ccc(Cl)cc3)=NN12. The average molecular weight is 357 g/mol. The smallest absolute Gasteiger partial charge is 0.187 e. The normalized spacial score (nSPS) is 21.2. The first kappa shape index (κ1) is 16.3. The van der Waals surface area contributed by atoms with Gasteiger partial charge in [0.1, 0.15) is 0 Å². The predicted octanol–water partition coefficient (Wildman–Crippen LogP) is 5.02. The van der Waals surface area contributed by atoms with Crippen molar-refractivity contribution in [1.82, 2.24) is 5.01 Å². The molecule has 5 heteroatoms. The van der Waals surface area contributed by atoms with Crippen LogP contribution in [-0.4, -0.2) is 24.1 Å². The van der Waals surface area contributed by atoms with Crippen LogP contribution < -0.4 is 9.47 Å². The lowest BCUT2D eigenvalue weighted by atomic mass is 9.96. The molecule has 25 heavy (non-hydrogen) atoms. The fourth-order valence-corrected chi connectivity index (χ4v) is 3.70. The van der Waals surface area contributed by atoms with Gasteiger partial charge in [-0.05, 0) is 23.8 Å². The van der Waals surface area contributed by atoms with E-state index in [4.69, 9.17) is 26.2 Å². The van der Waals surface area contributed by atoms with Crippen LogP contribution in [0.2, 0.25) is 5.02 Å². The average Bonchev–Trinajstić information content (AvgIpc) is 3.08. The van der Waals surface area contributed by atoms with Crippen molar-refractivity contribution in [1.29, 1.82) is 0 Å². The first-order valence-electron chi connectivity index (χ1n) is 8.66. The molecule has 130 valence electrons. The van der Waals surface area contributed by atoms with Gasteiger partial charge in [0.2, 0.25) is 0 Å². The molecule has 2 heterocycles. The Labute approximate surface area is 153 Å². The minimum absolute atomic E-state index is 0.0661. The molecule has 0 aromatic heterocycles. The summed E-state index contributed by atoms with van der Waals surface area (Å²) in [5.74, 6) is 1.65. The third kappa shape index (κ3) is 2.85. The first-order valence-corrected chi connectivity index (χ1v) is 9.04. The van der Waals surface area contributed by atoms with E-state index in [9.17, 15) is 0 Å². The predicted molar refractivity (Wildman–Crippen MR) is 99.5 cm³/mol. The number of ether oxygens (including phenoxy) is 2. The number of methoxy groups -OCH3 is 1. The van der Waals surface area contributed by atoms with E-state index in [0.29, 0.717) is 0 Å². The van der Waals surface area contributed by atoms with Gasteiger partial charge in [0.25, 0.3) is 0 Å². The summed E-state index contributed by atoms with van der Waals surface area (Å²) in [6.07, 6.45) is 2.74. The Kier molecular flexibility index (Phi) is 4.30. The lowest BCUT2D eigenvalue weighted by molar-refractivity contribution is -0.0240. The molecule has 2 aromatic rings.